The predicted octanol–water partition coefficient (Wildman–Crippen LogP) is 1.72. The van der Waals surface area contributed by atoms with Crippen LogP contribution in [0.25, 0.3) is 11.3 Å². The van der Waals surface area contributed by atoms with E-state index in [2.05, 4.69) is 15.1 Å². The maximum Gasteiger partial charge on any atom is 0.236 e. The zero-order chi connectivity index (χ0) is 17.3. The molecule has 7 heteroatoms. The molecule has 0 atom stereocenters. The summed E-state index contributed by atoms with van der Waals surface area (Å²) in [5, 5.41) is 4.01. The lowest BCUT2D eigenvalue weighted by Crippen LogP contribution is -2.41. The quantitative estimate of drug-likeness (QED) is 0.920. The zero-order valence-electron chi connectivity index (χ0n) is 14.4. The Labute approximate surface area is 141 Å². The van der Waals surface area contributed by atoms with Gasteiger partial charge in [0.15, 0.2) is 0 Å². The van der Waals surface area contributed by atoms with Gasteiger partial charge in [0.2, 0.25) is 5.91 Å². The molecule has 3 heterocycles. The second-order valence-electron chi connectivity index (χ2n) is 6.28. The van der Waals surface area contributed by atoms with Crippen molar-refractivity contribution in [3.8, 4) is 11.3 Å². The number of hydrogen-bond acceptors (Lipinski definition) is 6. The summed E-state index contributed by atoms with van der Waals surface area (Å²) in [5.74, 6) is 1.85. The highest BCUT2D eigenvalue weighted by Crippen LogP contribution is 2.31. The van der Waals surface area contributed by atoms with Crippen molar-refractivity contribution in [2.75, 3.05) is 19.6 Å². The Bertz CT molecular complexity index is 728. The standard InChI is InChI=1S/C17H23N5O2/c1-10-17(11(2)24-21-10)15-8-14(19-12(3)20-15)13-4-6-22(7-5-13)16(23)9-18/h8,13H,4-7,9,18H2,1-3H3. The van der Waals surface area contributed by atoms with Gasteiger partial charge in [-0.25, -0.2) is 9.97 Å². The van der Waals surface area contributed by atoms with E-state index >= 15 is 0 Å². The first kappa shape index (κ1) is 16.6. The summed E-state index contributed by atoms with van der Waals surface area (Å²) in [7, 11) is 0. The Balaban J connectivity index is 1.84. The maximum atomic E-state index is 11.7. The van der Waals surface area contributed by atoms with Gasteiger partial charge in [-0.05, 0) is 39.7 Å². The molecule has 2 aromatic rings. The van der Waals surface area contributed by atoms with E-state index in [4.69, 9.17) is 10.3 Å². The molecule has 0 aromatic carbocycles. The molecule has 1 aliphatic rings. The fourth-order valence-corrected chi connectivity index (χ4v) is 3.33. The van der Waals surface area contributed by atoms with Crippen LogP contribution in [-0.4, -0.2) is 45.6 Å². The van der Waals surface area contributed by atoms with Gasteiger partial charge in [-0.15, -0.1) is 0 Å². The Hall–Kier alpha value is -2.28. The summed E-state index contributed by atoms with van der Waals surface area (Å²) < 4.78 is 5.26. The molecule has 1 fully saturated rings. The van der Waals surface area contributed by atoms with Gasteiger partial charge < -0.3 is 15.2 Å². The van der Waals surface area contributed by atoms with Crippen LogP contribution in [0.4, 0.5) is 0 Å². The molecule has 0 radical (unpaired) electrons. The van der Waals surface area contributed by atoms with Crippen molar-refractivity contribution >= 4 is 5.91 Å². The van der Waals surface area contributed by atoms with Crippen molar-refractivity contribution in [3.05, 3.63) is 29.0 Å². The number of aryl methyl sites for hydroxylation is 3. The predicted molar refractivity (Wildman–Crippen MR) is 89.3 cm³/mol. The van der Waals surface area contributed by atoms with Gasteiger partial charge in [0.25, 0.3) is 0 Å². The van der Waals surface area contributed by atoms with Crippen LogP contribution in [0.5, 0.6) is 0 Å². The fraction of sp³-hybridized carbons (Fsp3) is 0.529. The van der Waals surface area contributed by atoms with Crippen LogP contribution in [0.1, 0.15) is 41.7 Å². The monoisotopic (exact) mass is 329 g/mol. The van der Waals surface area contributed by atoms with Crippen molar-refractivity contribution < 1.29 is 9.32 Å². The second kappa shape index (κ2) is 6.68. The van der Waals surface area contributed by atoms with Gasteiger partial charge in [0.1, 0.15) is 11.6 Å². The maximum absolute atomic E-state index is 11.7. The first-order chi connectivity index (χ1) is 11.5. The van der Waals surface area contributed by atoms with Gasteiger partial charge >= 0.3 is 0 Å². The van der Waals surface area contributed by atoms with Crippen LogP contribution in [0.3, 0.4) is 0 Å². The third kappa shape index (κ3) is 3.17. The van der Waals surface area contributed by atoms with Crippen LogP contribution in [-0.2, 0) is 4.79 Å². The van der Waals surface area contributed by atoms with Crippen LogP contribution in [0, 0.1) is 20.8 Å². The van der Waals surface area contributed by atoms with Gasteiger partial charge in [-0.2, -0.15) is 0 Å². The molecule has 0 spiro atoms. The third-order valence-electron chi connectivity index (χ3n) is 4.59. The number of rotatable bonds is 3. The Morgan fingerprint density at radius 3 is 2.58 bits per heavy atom. The van der Waals surface area contributed by atoms with E-state index < -0.39 is 0 Å². The van der Waals surface area contributed by atoms with Crippen LogP contribution in [0.15, 0.2) is 10.6 Å². The summed E-state index contributed by atoms with van der Waals surface area (Å²) in [5.41, 5.74) is 9.10. The normalized spacial score (nSPS) is 15.8. The molecular formula is C17H23N5O2. The Morgan fingerprint density at radius 1 is 1.29 bits per heavy atom. The SMILES string of the molecule is Cc1nc(-c2c(C)noc2C)cc(C2CCN(C(=O)CN)CC2)n1. The van der Waals surface area contributed by atoms with Crippen LogP contribution >= 0.6 is 0 Å². The number of hydrogen-bond donors (Lipinski definition) is 1. The van der Waals surface area contributed by atoms with Crippen molar-refractivity contribution in [2.24, 2.45) is 5.73 Å². The van der Waals surface area contributed by atoms with Crippen molar-refractivity contribution in [3.63, 3.8) is 0 Å². The van der Waals surface area contributed by atoms with E-state index in [1.54, 1.807) is 0 Å². The number of nitrogens with two attached hydrogens (primary N) is 1. The molecule has 0 bridgehead atoms. The summed E-state index contributed by atoms with van der Waals surface area (Å²) >= 11 is 0. The number of carbonyl (C=O) groups excluding carboxylic acids is 1. The summed E-state index contributed by atoms with van der Waals surface area (Å²) in [6.45, 7) is 7.24. The van der Waals surface area contributed by atoms with Crippen molar-refractivity contribution in [1.82, 2.24) is 20.0 Å². The summed E-state index contributed by atoms with van der Waals surface area (Å²) in [6.07, 6.45) is 1.78. The summed E-state index contributed by atoms with van der Waals surface area (Å²) in [4.78, 5) is 22.7. The van der Waals surface area contributed by atoms with E-state index in [1.165, 1.54) is 0 Å². The smallest absolute Gasteiger partial charge is 0.236 e. The molecule has 2 aromatic heterocycles. The van der Waals surface area contributed by atoms with Crippen molar-refractivity contribution in [1.29, 1.82) is 0 Å². The van der Waals surface area contributed by atoms with E-state index in [-0.39, 0.29) is 12.5 Å². The lowest BCUT2D eigenvalue weighted by atomic mass is 9.92. The molecule has 128 valence electrons. The molecule has 1 aliphatic heterocycles. The molecular weight excluding hydrogens is 306 g/mol. The van der Waals surface area contributed by atoms with Gasteiger partial charge in [0, 0.05) is 24.7 Å². The minimum Gasteiger partial charge on any atom is -0.361 e. The van der Waals surface area contributed by atoms with Gasteiger partial charge in [-0.1, -0.05) is 5.16 Å². The number of aromatic nitrogens is 3. The number of carbonyl (C=O) groups is 1. The van der Waals surface area contributed by atoms with Crippen LogP contribution in [0.2, 0.25) is 0 Å². The number of nitrogens with zero attached hydrogens (tertiary/aromatic N) is 4. The highest BCUT2D eigenvalue weighted by molar-refractivity contribution is 5.78. The first-order valence-corrected chi connectivity index (χ1v) is 8.26. The highest BCUT2D eigenvalue weighted by Gasteiger charge is 2.25. The molecule has 3 rings (SSSR count). The summed E-state index contributed by atoms with van der Waals surface area (Å²) in [6, 6.07) is 2.03. The van der Waals surface area contributed by atoms with E-state index in [0.29, 0.717) is 5.92 Å². The molecule has 24 heavy (non-hydrogen) atoms. The van der Waals surface area contributed by atoms with Crippen LogP contribution < -0.4 is 5.73 Å². The third-order valence-corrected chi connectivity index (χ3v) is 4.59. The van der Waals surface area contributed by atoms with Crippen molar-refractivity contribution in [2.45, 2.75) is 39.5 Å². The number of piperidine rings is 1. The second-order valence-corrected chi connectivity index (χ2v) is 6.28. The Morgan fingerprint density at radius 2 is 2.00 bits per heavy atom. The molecule has 2 N–H and O–H groups in total. The first-order valence-electron chi connectivity index (χ1n) is 8.26. The lowest BCUT2D eigenvalue weighted by molar-refractivity contribution is -0.130. The van der Waals surface area contributed by atoms with Gasteiger partial charge in [0.05, 0.1) is 23.5 Å². The topological polar surface area (TPSA) is 98.1 Å². The van der Waals surface area contributed by atoms with E-state index in [0.717, 1.165) is 60.2 Å². The lowest BCUT2D eigenvalue weighted by Gasteiger charge is -2.31. The largest absolute Gasteiger partial charge is 0.361 e. The average molecular weight is 329 g/mol. The molecule has 7 nitrogen and oxygen atoms in total. The molecule has 0 aliphatic carbocycles. The molecule has 0 unspecified atom stereocenters. The number of amides is 1. The average Bonchev–Trinajstić information content (AvgIpc) is 2.92. The molecule has 0 saturated carbocycles. The number of likely N-dealkylation sites (tertiary alicyclic amines) is 1. The minimum absolute atomic E-state index is 0.0173. The minimum atomic E-state index is 0.0173. The highest BCUT2D eigenvalue weighted by atomic mass is 16.5. The fourth-order valence-electron chi connectivity index (χ4n) is 3.33. The molecule has 1 amide bonds. The molecule has 1 saturated heterocycles. The zero-order valence-corrected chi connectivity index (χ0v) is 14.4. The van der Waals surface area contributed by atoms with E-state index in [1.807, 2.05) is 31.7 Å². The Kier molecular flexibility index (Phi) is 4.62. The van der Waals surface area contributed by atoms with Gasteiger partial charge in [-0.3, -0.25) is 4.79 Å². The van der Waals surface area contributed by atoms with E-state index in [9.17, 15) is 4.79 Å².